The number of fused-ring (bicyclic) bond motifs is 1. The molecule has 0 unspecified atom stereocenters. The summed E-state index contributed by atoms with van der Waals surface area (Å²) in [5.74, 6) is 2.79. The minimum absolute atomic E-state index is 0.399. The third-order valence-electron chi connectivity index (χ3n) is 5.95. The molecule has 0 amide bonds. The average molecular weight is 510 g/mol. The third kappa shape index (κ3) is 6.16. The van der Waals surface area contributed by atoms with Gasteiger partial charge < -0.3 is 19.5 Å². The van der Waals surface area contributed by atoms with E-state index in [9.17, 15) is 0 Å². The van der Waals surface area contributed by atoms with Crippen molar-refractivity contribution in [2.75, 3.05) is 11.9 Å². The van der Waals surface area contributed by atoms with E-state index in [1.807, 2.05) is 91.9 Å². The Bertz CT molecular complexity index is 1460. The second-order valence-corrected chi connectivity index (χ2v) is 8.97. The number of anilines is 1. The highest BCUT2D eigenvalue weighted by molar-refractivity contribution is 6.32. The van der Waals surface area contributed by atoms with E-state index in [1.165, 1.54) is 10.8 Å². The van der Waals surface area contributed by atoms with Crippen LogP contribution in [-0.2, 0) is 13.2 Å². The zero-order valence-electron chi connectivity index (χ0n) is 20.6. The lowest BCUT2D eigenvalue weighted by atomic mass is 10.1. The summed E-state index contributed by atoms with van der Waals surface area (Å²) in [6, 6.07) is 36.0. The third-order valence-corrected chi connectivity index (χ3v) is 6.23. The molecule has 0 bridgehead atoms. The number of hydrogen-bond acceptors (Lipinski definition) is 4. The Balaban J connectivity index is 1.26. The summed E-state index contributed by atoms with van der Waals surface area (Å²) in [7, 11) is 0. The highest BCUT2D eigenvalue weighted by Crippen LogP contribution is 2.38. The molecule has 0 aromatic heterocycles. The molecule has 4 nitrogen and oxygen atoms in total. The van der Waals surface area contributed by atoms with Gasteiger partial charge in [0.2, 0.25) is 0 Å². The summed E-state index contributed by atoms with van der Waals surface area (Å²) >= 11 is 6.68. The fraction of sp³-hybridized carbons (Fsp3) is 0.125. The van der Waals surface area contributed by atoms with Crippen LogP contribution >= 0.6 is 11.6 Å². The lowest BCUT2D eigenvalue weighted by Crippen LogP contribution is -2.04. The maximum absolute atomic E-state index is 6.68. The highest BCUT2D eigenvalue weighted by Gasteiger charge is 2.14. The Morgan fingerprint density at radius 1 is 0.730 bits per heavy atom. The number of halogens is 1. The molecule has 5 rings (SSSR count). The van der Waals surface area contributed by atoms with Crippen LogP contribution in [0.1, 0.15) is 18.1 Å². The van der Waals surface area contributed by atoms with Crippen molar-refractivity contribution in [1.82, 2.24) is 0 Å². The molecule has 5 heteroatoms. The summed E-state index contributed by atoms with van der Waals surface area (Å²) in [5, 5.41) is 6.31. The number of ether oxygens (including phenoxy) is 3. The molecule has 5 aromatic carbocycles. The molecule has 0 heterocycles. The predicted molar refractivity (Wildman–Crippen MR) is 151 cm³/mol. The molecular formula is C32H28ClNO3. The smallest absolute Gasteiger partial charge is 0.180 e. The number of nitrogens with one attached hydrogen (secondary N) is 1. The van der Waals surface area contributed by atoms with E-state index in [0.29, 0.717) is 36.3 Å². The fourth-order valence-electron chi connectivity index (χ4n) is 4.16. The molecule has 0 aliphatic heterocycles. The highest BCUT2D eigenvalue weighted by atomic mass is 35.5. The van der Waals surface area contributed by atoms with Crippen LogP contribution in [0, 0.1) is 0 Å². The van der Waals surface area contributed by atoms with Gasteiger partial charge in [-0.2, -0.15) is 0 Å². The molecule has 186 valence electrons. The van der Waals surface area contributed by atoms with E-state index < -0.39 is 0 Å². The molecule has 37 heavy (non-hydrogen) atoms. The minimum atomic E-state index is 0.399. The molecule has 0 atom stereocenters. The van der Waals surface area contributed by atoms with Gasteiger partial charge in [-0.1, -0.05) is 72.3 Å². The first-order valence-electron chi connectivity index (χ1n) is 12.3. The number of hydrogen-bond donors (Lipinski definition) is 1. The van der Waals surface area contributed by atoms with Gasteiger partial charge in [-0.15, -0.1) is 0 Å². The zero-order valence-corrected chi connectivity index (χ0v) is 21.4. The standard InChI is InChI=1S/C32H28ClNO3/c1-2-35-31-20-23(21-34-26-15-17-28(18-16-26)37-27-12-4-3-5-13-27)19-30(33)32(31)36-22-25-11-8-10-24-9-6-7-14-29(24)25/h3-20,34H,2,21-22H2,1H3. The summed E-state index contributed by atoms with van der Waals surface area (Å²) < 4.78 is 18.0. The van der Waals surface area contributed by atoms with E-state index in [-0.39, 0.29) is 0 Å². The summed E-state index contributed by atoms with van der Waals surface area (Å²) in [5.41, 5.74) is 3.07. The molecule has 5 aromatic rings. The van der Waals surface area contributed by atoms with E-state index in [1.54, 1.807) is 0 Å². The number of rotatable bonds is 10. The minimum Gasteiger partial charge on any atom is -0.490 e. The van der Waals surface area contributed by atoms with Gasteiger partial charge in [0.25, 0.3) is 0 Å². The van der Waals surface area contributed by atoms with Crippen molar-refractivity contribution in [3.05, 3.63) is 125 Å². The van der Waals surface area contributed by atoms with Crippen LogP contribution in [0.4, 0.5) is 5.69 Å². The predicted octanol–water partition coefficient (Wildman–Crippen LogP) is 8.88. The van der Waals surface area contributed by atoms with Crippen molar-refractivity contribution in [3.8, 4) is 23.0 Å². The Morgan fingerprint density at radius 3 is 2.27 bits per heavy atom. The molecule has 1 N–H and O–H groups in total. The normalized spacial score (nSPS) is 10.8. The molecule has 0 fully saturated rings. The topological polar surface area (TPSA) is 39.7 Å². The second kappa shape index (κ2) is 11.7. The van der Waals surface area contributed by atoms with Crippen molar-refractivity contribution < 1.29 is 14.2 Å². The van der Waals surface area contributed by atoms with Gasteiger partial charge in [0.05, 0.1) is 11.6 Å². The van der Waals surface area contributed by atoms with Crippen LogP contribution in [-0.4, -0.2) is 6.61 Å². The van der Waals surface area contributed by atoms with Gasteiger partial charge in [-0.05, 0) is 77.4 Å². The monoisotopic (exact) mass is 509 g/mol. The summed E-state index contributed by atoms with van der Waals surface area (Å²) in [6.07, 6.45) is 0. The van der Waals surface area contributed by atoms with E-state index in [4.69, 9.17) is 25.8 Å². The Hall–Kier alpha value is -4.15. The van der Waals surface area contributed by atoms with Gasteiger partial charge in [0.15, 0.2) is 11.5 Å². The molecule has 0 saturated carbocycles. The van der Waals surface area contributed by atoms with Crippen LogP contribution in [0.15, 0.2) is 109 Å². The zero-order chi connectivity index (χ0) is 25.5. The van der Waals surface area contributed by atoms with Crippen LogP contribution < -0.4 is 19.5 Å². The number of para-hydroxylation sites is 1. The lowest BCUT2D eigenvalue weighted by molar-refractivity contribution is 0.270. The maximum Gasteiger partial charge on any atom is 0.180 e. The molecule has 0 spiro atoms. The summed E-state index contributed by atoms with van der Waals surface area (Å²) in [6.45, 7) is 3.45. The Morgan fingerprint density at radius 2 is 1.46 bits per heavy atom. The van der Waals surface area contributed by atoms with Crippen LogP contribution in [0.2, 0.25) is 5.02 Å². The maximum atomic E-state index is 6.68. The van der Waals surface area contributed by atoms with Gasteiger partial charge in [0, 0.05) is 12.2 Å². The SMILES string of the molecule is CCOc1cc(CNc2ccc(Oc3ccccc3)cc2)cc(Cl)c1OCc1cccc2ccccc12. The first kappa shape index (κ1) is 24.5. The molecule has 0 aliphatic rings. The van der Waals surface area contributed by atoms with Gasteiger partial charge in [0.1, 0.15) is 18.1 Å². The quantitative estimate of drug-likeness (QED) is 0.204. The second-order valence-electron chi connectivity index (χ2n) is 8.56. The van der Waals surface area contributed by atoms with Crippen molar-refractivity contribution in [2.24, 2.45) is 0 Å². The molecular weight excluding hydrogens is 482 g/mol. The van der Waals surface area contributed by atoms with Crippen LogP contribution in [0.25, 0.3) is 10.8 Å². The fourth-order valence-corrected chi connectivity index (χ4v) is 4.45. The van der Waals surface area contributed by atoms with Crippen LogP contribution in [0.5, 0.6) is 23.0 Å². The Kier molecular flexibility index (Phi) is 7.78. The van der Waals surface area contributed by atoms with Crippen LogP contribution in [0.3, 0.4) is 0 Å². The summed E-state index contributed by atoms with van der Waals surface area (Å²) in [4.78, 5) is 0. The van der Waals surface area contributed by atoms with E-state index in [0.717, 1.165) is 28.3 Å². The molecule has 0 saturated heterocycles. The van der Waals surface area contributed by atoms with Gasteiger partial charge in [-0.25, -0.2) is 0 Å². The van der Waals surface area contributed by atoms with Crippen molar-refractivity contribution in [3.63, 3.8) is 0 Å². The van der Waals surface area contributed by atoms with Gasteiger partial charge in [-0.3, -0.25) is 0 Å². The first-order chi connectivity index (χ1) is 18.2. The van der Waals surface area contributed by atoms with Crippen molar-refractivity contribution >= 4 is 28.1 Å². The van der Waals surface area contributed by atoms with Crippen molar-refractivity contribution in [2.45, 2.75) is 20.1 Å². The Labute approximate surface area is 222 Å². The first-order valence-corrected chi connectivity index (χ1v) is 12.7. The van der Waals surface area contributed by atoms with E-state index in [2.05, 4.69) is 29.6 Å². The largest absolute Gasteiger partial charge is 0.490 e. The van der Waals surface area contributed by atoms with Gasteiger partial charge >= 0.3 is 0 Å². The molecule has 0 radical (unpaired) electrons. The van der Waals surface area contributed by atoms with E-state index >= 15 is 0 Å². The lowest BCUT2D eigenvalue weighted by Gasteiger charge is -2.16. The van der Waals surface area contributed by atoms with Crippen molar-refractivity contribution in [1.29, 1.82) is 0 Å². The average Bonchev–Trinajstić information content (AvgIpc) is 2.93. The number of benzene rings is 5. The molecule has 0 aliphatic carbocycles.